The van der Waals surface area contributed by atoms with Crippen LogP contribution in [0.25, 0.3) is 0 Å². The maximum Gasteiger partial charge on any atom is 0.431 e. The lowest BCUT2D eigenvalue weighted by atomic mass is 10.2. The predicted molar refractivity (Wildman–Crippen MR) is 74.0 cm³/mol. The van der Waals surface area contributed by atoms with E-state index in [2.05, 4.69) is 10.3 Å². The summed E-state index contributed by atoms with van der Waals surface area (Å²) in [6, 6.07) is 4.76. The first-order valence-corrected chi connectivity index (χ1v) is 6.39. The lowest BCUT2D eigenvalue weighted by molar-refractivity contribution is -0.141. The van der Waals surface area contributed by atoms with Crippen LogP contribution in [0.5, 0.6) is 5.88 Å². The topological polar surface area (TPSA) is 84.1 Å². The van der Waals surface area contributed by atoms with Crippen molar-refractivity contribution in [2.24, 2.45) is 0 Å². The zero-order valence-electron chi connectivity index (χ0n) is 11.9. The van der Waals surface area contributed by atoms with Crippen LogP contribution in [-0.4, -0.2) is 23.0 Å². The molecule has 0 aromatic carbocycles. The second-order valence-corrected chi connectivity index (χ2v) is 4.47. The normalized spacial score (nSPS) is 11.1. The number of ether oxygens (including phenoxy) is 1. The Balaban J connectivity index is 2.14. The minimum absolute atomic E-state index is 0.0102. The van der Waals surface area contributed by atoms with E-state index in [1.54, 1.807) is 17.1 Å². The summed E-state index contributed by atoms with van der Waals surface area (Å²) in [5, 5.41) is 2.43. The first kappa shape index (κ1) is 16.5. The van der Waals surface area contributed by atoms with Crippen molar-refractivity contribution in [3.8, 4) is 5.88 Å². The number of methoxy groups -OCH3 is 1. The maximum absolute atomic E-state index is 12.5. The number of hydrogen-bond acceptors (Lipinski definition) is 4. The Morgan fingerprint density at radius 1 is 1.35 bits per heavy atom. The average molecular weight is 327 g/mol. The molecule has 2 heterocycles. The number of nitrogens with zero attached hydrogens (tertiary/aromatic N) is 1. The molecule has 0 unspecified atom stereocenters. The Kier molecular flexibility index (Phi) is 4.68. The van der Waals surface area contributed by atoms with E-state index < -0.39 is 28.9 Å². The molecule has 0 aliphatic heterocycles. The number of carbonyl (C=O) groups excluding carboxylic acids is 1. The molecule has 9 heteroatoms. The number of amides is 1. The highest BCUT2D eigenvalue weighted by Gasteiger charge is 2.32. The lowest BCUT2D eigenvalue weighted by Gasteiger charge is -2.09. The number of halogens is 3. The van der Waals surface area contributed by atoms with Gasteiger partial charge in [-0.25, -0.2) is 4.98 Å². The number of carbonyl (C=O) groups is 1. The first-order valence-electron chi connectivity index (χ1n) is 6.39. The van der Waals surface area contributed by atoms with Gasteiger partial charge in [-0.05, 0) is 18.2 Å². The molecule has 0 atom stereocenters. The average Bonchev–Trinajstić information content (AvgIpc) is 2.51. The summed E-state index contributed by atoms with van der Waals surface area (Å²) in [6.45, 7) is 0.0102. The van der Waals surface area contributed by atoms with Gasteiger partial charge < -0.3 is 15.0 Å². The fourth-order valence-electron chi connectivity index (χ4n) is 1.83. The molecule has 0 saturated carbocycles. The number of pyridine rings is 2. The highest BCUT2D eigenvalue weighted by atomic mass is 19.4. The van der Waals surface area contributed by atoms with E-state index in [0.717, 1.165) is 6.07 Å². The molecule has 0 spiro atoms. The van der Waals surface area contributed by atoms with Crippen molar-refractivity contribution in [3.05, 3.63) is 57.6 Å². The Labute approximate surface area is 128 Å². The molecular weight excluding hydrogens is 315 g/mol. The van der Waals surface area contributed by atoms with Crippen molar-refractivity contribution in [3.63, 3.8) is 0 Å². The van der Waals surface area contributed by atoms with E-state index in [1.165, 1.54) is 13.3 Å². The van der Waals surface area contributed by atoms with E-state index in [4.69, 9.17) is 4.74 Å². The summed E-state index contributed by atoms with van der Waals surface area (Å²) in [6.07, 6.45) is -3.18. The molecule has 0 radical (unpaired) electrons. The summed E-state index contributed by atoms with van der Waals surface area (Å²) in [5.41, 5.74) is -2.18. The van der Waals surface area contributed by atoms with Crippen molar-refractivity contribution in [2.45, 2.75) is 12.7 Å². The van der Waals surface area contributed by atoms with Crippen LogP contribution >= 0.6 is 0 Å². The van der Waals surface area contributed by atoms with Crippen LogP contribution in [-0.2, 0) is 12.7 Å². The number of nitrogens with one attached hydrogen (secondary N) is 2. The number of H-pyrrole nitrogens is 1. The molecule has 1 amide bonds. The third-order valence-electron chi connectivity index (χ3n) is 2.94. The van der Waals surface area contributed by atoms with Crippen molar-refractivity contribution >= 4 is 5.91 Å². The molecule has 2 aromatic rings. The molecule has 0 saturated heterocycles. The maximum atomic E-state index is 12.5. The number of hydrogen-bond donors (Lipinski definition) is 2. The number of aromatic nitrogens is 2. The zero-order chi connectivity index (χ0) is 17.0. The van der Waals surface area contributed by atoms with Gasteiger partial charge in [0.05, 0.1) is 7.11 Å². The van der Waals surface area contributed by atoms with Gasteiger partial charge >= 0.3 is 6.18 Å². The van der Waals surface area contributed by atoms with E-state index in [9.17, 15) is 22.8 Å². The number of aromatic amines is 1. The largest absolute Gasteiger partial charge is 0.481 e. The smallest absolute Gasteiger partial charge is 0.431 e. The van der Waals surface area contributed by atoms with Crippen LogP contribution in [0.15, 0.2) is 35.3 Å². The highest BCUT2D eigenvalue weighted by Crippen LogP contribution is 2.26. The first-order chi connectivity index (χ1) is 10.8. The summed E-state index contributed by atoms with van der Waals surface area (Å²) in [7, 11) is 1.41. The van der Waals surface area contributed by atoms with E-state index in [0.29, 0.717) is 17.5 Å². The Morgan fingerprint density at radius 2 is 2.09 bits per heavy atom. The van der Waals surface area contributed by atoms with Crippen molar-refractivity contribution < 1.29 is 22.7 Å². The Morgan fingerprint density at radius 3 is 2.70 bits per heavy atom. The van der Waals surface area contributed by atoms with E-state index in [1.807, 2.05) is 0 Å². The molecule has 0 fully saturated rings. The summed E-state index contributed by atoms with van der Waals surface area (Å²) in [4.78, 5) is 29.1. The third kappa shape index (κ3) is 3.87. The van der Waals surface area contributed by atoms with Gasteiger partial charge in [-0.15, -0.1) is 0 Å². The molecule has 6 nitrogen and oxygen atoms in total. The Bertz CT molecular complexity index is 772. The molecule has 0 bridgehead atoms. The van der Waals surface area contributed by atoms with Gasteiger partial charge in [0.1, 0.15) is 11.3 Å². The fourth-order valence-corrected chi connectivity index (χ4v) is 1.83. The van der Waals surface area contributed by atoms with E-state index in [-0.39, 0.29) is 6.54 Å². The van der Waals surface area contributed by atoms with Gasteiger partial charge in [0.15, 0.2) is 0 Å². The predicted octanol–water partition coefficient (Wildman–Crippen LogP) is 1.73. The second kappa shape index (κ2) is 6.51. The fraction of sp³-hybridized carbons (Fsp3) is 0.214. The van der Waals surface area contributed by atoms with Crippen molar-refractivity contribution in [1.29, 1.82) is 0 Å². The molecule has 2 aromatic heterocycles. The van der Waals surface area contributed by atoms with Crippen LogP contribution in [0.3, 0.4) is 0 Å². The Hall–Kier alpha value is -2.84. The van der Waals surface area contributed by atoms with E-state index >= 15 is 0 Å². The SMILES string of the molecule is COc1ncccc1CNC(=O)c1ccc(C(F)(F)F)[nH]c1=O. The quantitative estimate of drug-likeness (QED) is 0.896. The zero-order valence-corrected chi connectivity index (χ0v) is 11.9. The van der Waals surface area contributed by atoms with Gasteiger partial charge in [0.2, 0.25) is 5.88 Å². The summed E-state index contributed by atoms with van der Waals surface area (Å²) in [5.74, 6) is -0.500. The van der Waals surface area contributed by atoms with Gasteiger partial charge in [0.25, 0.3) is 11.5 Å². The standard InChI is InChI=1S/C14H12F3N3O3/c1-23-13-8(3-2-6-18-13)7-19-11(21)9-4-5-10(14(15,16)17)20-12(9)22/h2-6H,7H2,1H3,(H,19,21)(H,20,22). The van der Waals surface area contributed by atoms with Crippen LogP contribution in [0, 0.1) is 0 Å². The van der Waals surface area contributed by atoms with Gasteiger partial charge in [0, 0.05) is 18.3 Å². The van der Waals surface area contributed by atoms with Crippen LogP contribution in [0.1, 0.15) is 21.6 Å². The molecule has 2 N–H and O–H groups in total. The van der Waals surface area contributed by atoms with Gasteiger partial charge in [-0.3, -0.25) is 9.59 Å². The summed E-state index contributed by atoms with van der Waals surface area (Å²) < 4.78 is 42.4. The second-order valence-electron chi connectivity index (χ2n) is 4.47. The third-order valence-corrected chi connectivity index (χ3v) is 2.94. The monoisotopic (exact) mass is 327 g/mol. The minimum Gasteiger partial charge on any atom is -0.481 e. The molecule has 23 heavy (non-hydrogen) atoms. The number of alkyl halides is 3. The molecule has 122 valence electrons. The van der Waals surface area contributed by atoms with Crippen molar-refractivity contribution in [1.82, 2.24) is 15.3 Å². The summed E-state index contributed by atoms with van der Waals surface area (Å²) >= 11 is 0. The highest BCUT2D eigenvalue weighted by molar-refractivity contribution is 5.93. The molecule has 2 rings (SSSR count). The van der Waals surface area contributed by atoms with Crippen LogP contribution in [0.2, 0.25) is 0 Å². The van der Waals surface area contributed by atoms with Crippen LogP contribution in [0.4, 0.5) is 13.2 Å². The minimum atomic E-state index is -4.68. The van der Waals surface area contributed by atoms with Crippen LogP contribution < -0.4 is 15.6 Å². The van der Waals surface area contributed by atoms with Gasteiger partial charge in [-0.2, -0.15) is 13.2 Å². The van der Waals surface area contributed by atoms with Crippen molar-refractivity contribution in [2.75, 3.05) is 7.11 Å². The number of rotatable bonds is 4. The molecule has 0 aliphatic rings. The molecule has 0 aliphatic carbocycles. The lowest BCUT2D eigenvalue weighted by Crippen LogP contribution is -2.30. The molecular formula is C14H12F3N3O3. The van der Waals surface area contributed by atoms with Gasteiger partial charge in [-0.1, -0.05) is 6.07 Å².